The number of imidazole rings is 1. The van der Waals surface area contributed by atoms with Gasteiger partial charge in [-0.1, -0.05) is 66.6 Å². The van der Waals surface area contributed by atoms with Crippen molar-refractivity contribution >= 4 is 43.7 Å². The fourth-order valence-electron chi connectivity index (χ4n) is 6.73. The van der Waals surface area contributed by atoms with Gasteiger partial charge in [0.2, 0.25) is 0 Å². The van der Waals surface area contributed by atoms with Crippen molar-refractivity contribution in [1.82, 2.24) is 14.5 Å². The van der Waals surface area contributed by atoms with E-state index >= 15 is 0 Å². The zero-order chi connectivity index (χ0) is 27.9. The van der Waals surface area contributed by atoms with Crippen LogP contribution in [0.5, 0.6) is 5.75 Å². The molecule has 0 saturated carbocycles. The molecule has 0 spiro atoms. The predicted octanol–water partition coefficient (Wildman–Crippen LogP) is 8.62. The van der Waals surface area contributed by atoms with Crippen LogP contribution in [0.1, 0.15) is 11.1 Å². The van der Waals surface area contributed by atoms with Gasteiger partial charge in [-0.25, -0.2) is 4.98 Å². The van der Waals surface area contributed by atoms with E-state index < -0.39 is 0 Å². The second kappa shape index (κ2) is 9.65. The van der Waals surface area contributed by atoms with Gasteiger partial charge in [-0.05, 0) is 35.7 Å². The molecule has 6 heteroatoms. The van der Waals surface area contributed by atoms with Crippen molar-refractivity contribution in [2.75, 3.05) is 0 Å². The van der Waals surface area contributed by atoms with Crippen molar-refractivity contribution in [3.8, 4) is 39.7 Å². The van der Waals surface area contributed by atoms with Crippen LogP contribution >= 0.6 is 0 Å². The number of hydrogen-bond acceptors (Lipinski definition) is 4. The minimum atomic E-state index is 0. The second-order valence-electron chi connectivity index (χ2n) is 11.0. The van der Waals surface area contributed by atoms with Crippen LogP contribution < -0.4 is 0 Å². The minimum absolute atomic E-state index is 0. The first kappa shape index (κ1) is 25.9. The number of nitrogens with zero attached hydrogens (tertiary/aromatic N) is 3. The number of pyridine rings is 1. The third-order valence-corrected chi connectivity index (χ3v) is 8.74. The van der Waals surface area contributed by atoms with Gasteiger partial charge in [-0.2, -0.15) is 0 Å². The molecule has 0 aliphatic heterocycles. The van der Waals surface area contributed by atoms with E-state index in [4.69, 9.17) is 14.4 Å². The molecule has 1 aliphatic rings. The Morgan fingerprint density at radius 3 is 2.44 bits per heavy atom. The van der Waals surface area contributed by atoms with Gasteiger partial charge >= 0.3 is 0 Å². The predicted molar refractivity (Wildman–Crippen MR) is 168 cm³/mol. The molecule has 1 N–H and O–H groups in total. The van der Waals surface area contributed by atoms with Crippen LogP contribution in [0, 0.1) is 6.07 Å². The van der Waals surface area contributed by atoms with Gasteiger partial charge in [0.15, 0.2) is 0 Å². The first-order valence-corrected chi connectivity index (χ1v) is 14.2. The summed E-state index contributed by atoms with van der Waals surface area (Å²) in [5, 5.41) is 15.5. The van der Waals surface area contributed by atoms with Gasteiger partial charge in [-0.15, -0.1) is 35.4 Å². The third kappa shape index (κ3) is 3.74. The van der Waals surface area contributed by atoms with Crippen LogP contribution in [0.25, 0.3) is 77.6 Å². The monoisotopic (exact) mass is 737 g/mol. The summed E-state index contributed by atoms with van der Waals surface area (Å²) in [6.45, 7) is 0. The zero-order valence-corrected chi connectivity index (χ0v) is 25.4. The van der Waals surface area contributed by atoms with E-state index in [-0.39, 0.29) is 26.8 Å². The largest absolute Gasteiger partial charge is 0.507 e. The van der Waals surface area contributed by atoms with Crippen LogP contribution in [0.4, 0.5) is 0 Å². The van der Waals surface area contributed by atoms with Gasteiger partial charge in [0.1, 0.15) is 22.7 Å². The van der Waals surface area contributed by atoms with E-state index in [2.05, 4.69) is 60.7 Å². The van der Waals surface area contributed by atoms with Crippen molar-refractivity contribution in [1.29, 1.82) is 0 Å². The molecule has 8 aromatic rings. The maximum Gasteiger partial charge on any atom is 0.144 e. The number of phenolic OH excluding ortho intramolecular Hbond substituents is 1. The molecular formula is C37H24N3O2Pt-. The number of rotatable bonds is 2. The maximum absolute atomic E-state index is 11.2. The van der Waals surface area contributed by atoms with Crippen molar-refractivity contribution in [3.63, 3.8) is 0 Å². The standard InChI is InChI=1S/C37H24N3O2.Pt/c1-40-30-15-8-14-27(35-25-13-5-4-11-23(25)26-18-17-21-9-2-3-10-22(21)34(26)38-35)36(30)39-37(40)29-19-28-24-12-6-7-16-32(24)42-33(28)20-31(29)41;/h2-9,11-16,19-20,41H,17-18H2,1H3;/q-1;. The molecule has 3 aromatic heterocycles. The molecule has 0 bridgehead atoms. The molecule has 3 heterocycles. The quantitative estimate of drug-likeness (QED) is 0.181. The second-order valence-corrected chi connectivity index (χ2v) is 11.0. The summed E-state index contributed by atoms with van der Waals surface area (Å²) in [5.41, 5.74) is 10.4. The smallest absolute Gasteiger partial charge is 0.144 e. The molecule has 0 amide bonds. The fraction of sp³-hybridized carbons (Fsp3) is 0.0811. The van der Waals surface area contributed by atoms with E-state index in [0.29, 0.717) is 17.0 Å². The Bertz CT molecular complexity index is 2400. The van der Waals surface area contributed by atoms with E-state index in [9.17, 15) is 5.11 Å². The van der Waals surface area contributed by atoms with Gasteiger partial charge < -0.3 is 14.1 Å². The van der Waals surface area contributed by atoms with Crippen molar-refractivity contribution in [2.45, 2.75) is 12.8 Å². The van der Waals surface area contributed by atoms with Crippen molar-refractivity contribution < 1.29 is 30.6 Å². The topological polar surface area (TPSA) is 64.1 Å². The summed E-state index contributed by atoms with van der Waals surface area (Å²) in [5.74, 6) is 0.814. The number of aromatic nitrogens is 3. The number of fused-ring (bicyclic) bond motifs is 9. The normalized spacial score (nSPS) is 12.5. The fourth-order valence-corrected chi connectivity index (χ4v) is 6.73. The van der Waals surface area contributed by atoms with Gasteiger partial charge in [0.05, 0.1) is 22.3 Å². The van der Waals surface area contributed by atoms with Gasteiger partial charge in [-0.3, -0.25) is 4.98 Å². The number of furan rings is 1. The van der Waals surface area contributed by atoms with Gasteiger partial charge in [0, 0.05) is 55.9 Å². The first-order valence-electron chi connectivity index (χ1n) is 14.2. The van der Waals surface area contributed by atoms with E-state index in [1.807, 2.05) is 48.0 Å². The number of aromatic hydroxyl groups is 1. The summed E-state index contributed by atoms with van der Waals surface area (Å²) < 4.78 is 8.05. The average Bonchev–Trinajstić information content (AvgIpc) is 3.56. The maximum atomic E-state index is 11.2. The number of aryl methyl sites for hydroxylation is 3. The Labute approximate surface area is 261 Å². The summed E-state index contributed by atoms with van der Waals surface area (Å²) in [7, 11) is 2.00. The van der Waals surface area contributed by atoms with Crippen LogP contribution in [-0.4, -0.2) is 19.6 Å². The Morgan fingerprint density at radius 1 is 0.744 bits per heavy atom. The Hall–Kier alpha value is -4.73. The zero-order valence-electron chi connectivity index (χ0n) is 23.2. The summed E-state index contributed by atoms with van der Waals surface area (Å²) in [6, 6.07) is 36.1. The molecule has 43 heavy (non-hydrogen) atoms. The van der Waals surface area contributed by atoms with Crippen LogP contribution in [-0.2, 0) is 41.0 Å². The average molecular weight is 738 g/mol. The number of para-hydroxylation sites is 2. The van der Waals surface area contributed by atoms with E-state index in [1.165, 1.54) is 16.5 Å². The summed E-state index contributed by atoms with van der Waals surface area (Å²) in [6.07, 6.45) is 1.94. The SMILES string of the molecule is Cn1c(-c2cc3c(cc2O)oc2ccccc23)nc2c(-c3nc4c(c5ccccc35)CCc3ccc[c-]c3-4)cccc21.[Pt]. The number of benzene rings is 5. The molecule has 0 fully saturated rings. The van der Waals surface area contributed by atoms with Crippen LogP contribution in [0.15, 0.2) is 101 Å². The molecule has 0 radical (unpaired) electrons. The Morgan fingerprint density at radius 2 is 1.56 bits per heavy atom. The Balaban J connectivity index is 0.00000278. The molecule has 1 aliphatic carbocycles. The Kier molecular flexibility index (Phi) is 5.82. The minimum Gasteiger partial charge on any atom is -0.507 e. The summed E-state index contributed by atoms with van der Waals surface area (Å²) >= 11 is 0. The molecular weight excluding hydrogens is 714 g/mol. The molecule has 0 saturated heterocycles. The molecule has 0 atom stereocenters. The third-order valence-electron chi connectivity index (χ3n) is 8.74. The van der Waals surface area contributed by atoms with Gasteiger partial charge in [0.25, 0.3) is 0 Å². The summed E-state index contributed by atoms with van der Waals surface area (Å²) in [4.78, 5) is 10.5. The number of phenols is 1. The molecule has 9 rings (SSSR count). The number of hydrogen-bond donors (Lipinski definition) is 1. The first-order chi connectivity index (χ1) is 20.7. The van der Waals surface area contributed by atoms with Crippen LogP contribution in [0.2, 0.25) is 0 Å². The molecule has 5 nitrogen and oxygen atoms in total. The van der Waals surface area contributed by atoms with Crippen molar-refractivity contribution in [2.24, 2.45) is 7.05 Å². The molecule has 0 unspecified atom stereocenters. The van der Waals surface area contributed by atoms with Crippen molar-refractivity contribution in [3.05, 3.63) is 114 Å². The molecule has 5 aromatic carbocycles. The van der Waals surface area contributed by atoms with E-state index in [1.54, 1.807) is 6.07 Å². The van der Waals surface area contributed by atoms with Crippen LogP contribution in [0.3, 0.4) is 0 Å². The molecule has 210 valence electrons. The van der Waals surface area contributed by atoms with E-state index in [0.717, 1.165) is 68.1 Å².